The van der Waals surface area contributed by atoms with Gasteiger partial charge < -0.3 is 15.6 Å². The van der Waals surface area contributed by atoms with E-state index in [1.54, 1.807) is 6.92 Å². The fraction of sp³-hybridized carbons (Fsp3) is 0.368. The molecule has 0 unspecified atom stereocenters. The number of halogens is 1. The fourth-order valence-electron chi connectivity index (χ4n) is 2.56. The van der Waals surface area contributed by atoms with Gasteiger partial charge in [0.05, 0.1) is 0 Å². The summed E-state index contributed by atoms with van der Waals surface area (Å²) in [6.45, 7) is 3.90. The average Bonchev–Trinajstić information content (AvgIpc) is 2.63. The second-order valence-electron chi connectivity index (χ2n) is 6.25. The predicted molar refractivity (Wildman–Crippen MR) is 115 cm³/mol. The van der Waals surface area contributed by atoms with Crippen LogP contribution in [0, 0.1) is 13.8 Å². The molecule has 9 heteroatoms. The van der Waals surface area contributed by atoms with Crippen molar-refractivity contribution in [3.05, 3.63) is 49.8 Å². The quantitative estimate of drug-likeness (QED) is 0.409. The van der Waals surface area contributed by atoms with E-state index < -0.39 is 0 Å². The topological polar surface area (TPSA) is 104 Å². The number of aromatic amines is 1. The number of amides is 2. The number of anilines is 1. The molecule has 0 saturated heterocycles. The van der Waals surface area contributed by atoms with Gasteiger partial charge in [-0.05, 0) is 44.2 Å². The number of benzene rings is 1. The molecule has 2 aromatic rings. The third-order valence-corrected chi connectivity index (χ3v) is 5.22. The number of aryl methyl sites for hydroxylation is 2. The summed E-state index contributed by atoms with van der Waals surface area (Å²) < 4.78 is 0.882. The van der Waals surface area contributed by atoms with Crippen LogP contribution in [0.4, 0.5) is 5.69 Å². The van der Waals surface area contributed by atoms with E-state index in [4.69, 9.17) is 0 Å². The van der Waals surface area contributed by atoms with Crippen molar-refractivity contribution in [2.45, 2.75) is 38.3 Å². The van der Waals surface area contributed by atoms with Crippen molar-refractivity contribution in [3.8, 4) is 0 Å². The molecule has 1 aromatic carbocycles. The summed E-state index contributed by atoms with van der Waals surface area (Å²) in [7, 11) is 0. The minimum atomic E-state index is -0.214. The number of H-pyrrole nitrogens is 1. The molecule has 0 radical (unpaired) electrons. The smallest absolute Gasteiger partial charge is 0.254 e. The number of thioether (sulfide) groups is 1. The number of carbonyl (C=O) groups excluding carboxylic acids is 2. The zero-order chi connectivity index (χ0) is 20.7. The Morgan fingerprint density at radius 1 is 1.21 bits per heavy atom. The van der Waals surface area contributed by atoms with Gasteiger partial charge in [0, 0.05) is 40.8 Å². The first kappa shape index (κ1) is 22.2. The van der Waals surface area contributed by atoms with E-state index in [-0.39, 0.29) is 36.8 Å². The summed E-state index contributed by atoms with van der Waals surface area (Å²) in [5.74, 6) is -0.384. The number of aromatic nitrogens is 2. The van der Waals surface area contributed by atoms with E-state index in [0.29, 0.717) is 22.8 Å². The van der Waals surface area contributed by atoms with Gasteiger partial charge in [0.2, 0.25) is 11.8 Å². The summed E-state index contributed by atoms with van der Waals surface area (Å²) in [4.78, 5) is 43.1. The highest BCUT2D eigenvalue weighted by Crippen LogP contribution is 2.20. The van der Waals surface area contributed by atoms with Crippen molar-refractivity contribution >= 4 is 45.2 Å². The molecular formula is C19H23BrN4O3S. The molecule has 2 amide bonds. The number of hydrogen-bond acceptors (Lipinski definition) is 5. The molecule has 1 heterocycles. The highest BCUT2D eigenvalue weighted by atomic mass is 79.9. The lowest BCUT2D eigenvalue weighted by molar-refractivity contribution is -0.121. The van der Waals surface area contributed by atoms with Crippen molar-refractivity contribution in [1.82, 2.24) is 15.3 Å². The van der Waals surface area contributed by atoms with Gasteiger partial charge in [-0.15, -0.1) is 0 Å². The molecule has 0 aliphatic carbocycles. The molecule has 1 aromatic heterocycles. The molecule has 2 rings (SSSR count). The van der Waals surface area contributed by atoms with Crippen LogP contribution in [0.2, 0.25) is 0 Å². The Hall–Kier alpha value is -2.13. The molecule has 0 fully saturated rings. The normalized spacial score (nSPS) is 10.6. The van der Waals surface area contributed by atoms with Gasteiger partial charge in [-0.1, -0.05) is 33.8 Å². The molecule has 0 aliphatic heterocycles. The van der Waals surface area contributed by atoms with Crippen LogP contribution in [0.25, 0.3) is 0 Å². The molecule has 150 valence electrons. The minimum absolute atomic E-state index is 0.163. The molecular weight excluding hydrogens is 444 g/mol. The van der Waals surface area contributed by atoms with Gasteiger partial charge in [-0.3, -0.25) is 14.4 Å². The lowest BCUT2D eigenvalue weighted by Gasteiger charge is -2.10. The number of nitrogens with zero attached hydrogens (tertiary/aromatic N) is 1. The first-order valence-electron chi connectivity index (χ1n) is 8.76. The van der Waals surface area contributed by atoms with Crippen LogP contribution in [0.5, 0.6) is 0 Å². The van der Waals surface area contributed by atoms with E-state index in [1.165, 1.54) is 11.8 Å². The molecule has 0 saturated carbocycles. The van der Waals surface area contributed by atoms with E-state index in [1.807, 2.05) is 31.4 Å². The van der Waals surface area contributed by atoms with Crippen molar-refractivity contribution in [1.29, 1.82) is 0 Å². The second-order valence-corrected chi connectivity index (χ2v) is 7.96. The Labute approximate surface area is 176 Å². The van der Waals surface area contributed by atoms with E-state index >= 15 is 0 Å². The van der Waals surface area contributed by atoms with Gasteiger partial charge in [-0.2, -0.15) is 0 Å². The minimum Gasteiger partial charge on any atom is -0.356 e. The van der Waals surface area contributed by atoms with Crippen LogP contribution >= 0.6 is 27.7 Å². The first-order valence-corrected chi connectivity index (χ1v) is 10.8. The van der Waals surface area contributed by atoms with Gasteiger partial charge in [0.1, 0.15) is 0 Å². The zero-order valence-electron chi connectivity index (χ0n) is 16.0. The van der Waals surface area contributed by atoms with Gasteiger partial charge in [-0.25, -0.2) is 4.98 Å². The Morgan fingerprint density at radius 3 is 2.64 bits per heavy atom. The van der Waals surface area contributed by atoms with E-state index in [2.05, 4.69) is 36.5 Å². The largest absolute Gasteiger partial charge is 0.356 e. The van der Waals surface area contributed by atoms with Crippen LogP contribution in [0.3, 0.4) is 0 Å². The lowest BCUT2D eigenvalue weighted by atomic mass is 10.1. The van der Waals surface area contributed by atoms with Crippen LogP contribution < -0.4 is 16.2 Å². The van der Waals surface area contributed by atoms with Crippen LogP contribution in [0.1, 0.15) is 29.7 Å². The highest BCUT2D eigenvalue weighted by Gasteiger charge is 2.11. The first-order chi connectivity index (χ1) is 13.3. The molecule has 0 bridgehead atoms. The fourth-order valence-corrected chi connectivity index (χ4v) is 3.34. The summed E-state index contributed by atoms with van der Waals surface area (Å²) in [5, 5.41) is 6.10. The predicted octanol–water partition coefficient (Wildman–Crippen LogP) is 2.95. The van der Waals surface area contributed by atoms with Gasteiger partial charge >= 0.3 is 0 Å². The molecule has 0 atom stereocenters. The van der Waals surface area contributed by atoms with Crippen molar-refractivity contribution in [2.75, 3.05) is 18.1 Å². The van der Waals surface area contributed by atoms with Gasteiger partial charge in [0.25, 0.3) is 5.56 Å². The molecule has 3 N–H and O–H groups in total. The number of carbonyl (C=O) groups is 2. The van der Waals surface area contributed by atoms with Crippen molar-refractivity contribution < 1.29 is 9.59 Å². The van der Waals surface area contributed by atoms with Crippen LogP contribution in [-0.2, 0) is 16.0 Å². The molecule has 7 nitrogen and oxygen atoms in total. The average molecular weight is 467 g/mol. The van der Waals surface area contributed by atoms with Crippen LogP contribution in [-0.4, -0.2) is 34.6 Å². The third kappa shape index (κ3) is 6.49. The monoisotopic (exact) mass is 466 g/mol. The summed E-state index contributed by atoms with van der Waals surface area (Å²) >= 11 is 4.73. The zero-order valence-corrected chi connectivity index (χ0v) is 18.4. The van der Waals surface area contributed by atoms with Crippen molar-refractivity contribution in [2.24, 2.45) is 0 Å². The highest BCUT2D eigenvalue weighted by molar-refractivity contribution is 9.10. The summed E-state index contributed by atoms with van der Waals surface area (Å²) in [6.07, 6.45) is 2.47. The van der Waals surface area contributed by atoms with E-state index in [0.717, 1.165) is 15.7 Å². The second kappa shape index (κ2) is 10.4. The number of nitrogens with one attached hydrogen (secondary N) is 3. The van der Waals surface area contributed by atoms with Crippen molar-refractivity contribution in [3.63, 3.8) is 0 Å². The lowest BCUT2D eigenvalue weighted by Crippen LogP contribution is -2.28. The van der Waals surface area contributed by atoms with E-state index in [9.17, 15) is 14.4 Å². The summed E-state index contributed by atoms with van der Waals surface area (Å²) in [6, 6.07) is 5.65. The Morgan fingerprint density at radius 2 is 1.96 bits per heavy atom. The molecule has 0 aliphatic rings. The summed E-state index contributed by atoms with van der Waals surface area (Å²) in [5.41, 5.74) is 2.62. The number of rotatable bonds is 8. The number of hydrogen-bond donors (Lipinski definition) is 3. The van der Waals surface area contributed by atoms with Gasteiger partial charge in [0.15, 0.2) is 5.16 Å². The Kier molecular flexibility index (Phi) is 8.25. The maximum Gasteiger partial charge on any atom is 0.254 e. The Balaban J connectivity index is 1.78. The Bertz CT molecular complexity index is 930. The molecule has 28 heavy (non-hydrogen) atoms. The third-order valence-electron chi connectivity index (χ3n) is 4.14. The standard InChI is InChI=1S/C19H23BrN4O3S/c1-11-4-5-13(20)10-15(11)23-17(26)8-9-21-16(25)7-6-14-12(2)22-19(28-3)24-18(14)27/h4-5,10H,6-9H2,1-3H3,(H,21,25)(H,23,26)(H,22,24,27). The van der Waals surface area contributed by atoms with Crippen LogP contribution in [0.15, 0.2) is 32.6 Å². The molecule has 0 spiro atoms. The maximum atomic E-state index is 12.1. The maximum absolute atomic E-state index is 12.1. The SMILES string of the molecule is CSc1nc(C)c(CCC(=O)NCCC(=O)Nc2cc(Br)ccc2C)c(=O)[nH]1.